The van der Waals surface area contributed by atoms with Gasteiger partial charge in [-0.1, -0.05) is 23.7 Å². The van der Waals surface area contributed by atoms with Gasteiger partial charge in [0.25, 0.3) is 0 Å². The van der Waals surface area contributed by atoms with Crippen LogP contribution in [-0.2, 0) is 13.1 Å². The normalized spacial score (nSPS) is 14.9. The van der Waals surface area contributed by atoms with E-state index in [2.05, 4.69) is 20.8 Å². The van der Waals surface area contributed by atoms with Gasteiger partial charge in [0, 0.05) is 11.1 Å². The zero-order valence-electron chi connectivity index (χ0n) is 9.88. The molecule has 0 amide bonds. The topological polar surface area (TPSA) is 55.6 Å². The van der Waals surface area contributed by atoms with E-state index in [9.17, 15) is 0 Å². The van der Waals surface area contributed by atoms with Crippen molar-refractivity contribution in [3.8, 4) is 0 Å². The Kier molecular flexibility index (Phi) is 3.25. The number of rotatable bonds is 5. The van der Waals surface area contributed by atoms with E-state index >= 15 is 0 Å². The fraction of sp³-hybridized carbons (Fsp3) is 0.417. The lowest BCUT2D eigenvalue weighted by Gasteiger charge is -2.05. The quantitative estimate of drug-likeness (QED) is 0.891. The number of benzene rings is 1. The standard InChI is InChI=1S/C12H14ClN5/c13-10-3-1-2-9(6-10)8-18-12(15-16-17-18)7-14-11-4-5-11/h1-3,6,11,14H,4-5,7-8H2. The molecule has 1 aliphatic rings. The Bertz CT molecular complexity index is 535. The molecule has 1 saturated carbocycles. The predicted molar refractivity (Wildman–Crippen MR) is 68.2 cm³/mol. The van der Waals surface area contributed by atoms with Gasteiger partial charge in [0.2, 0.25) is 0 Å². The van der Waals surface area contributed by atoms with Crippen LogP contribution in [0.1, 0.15) is 24.2 Å². The Morgan fingerprint density at radius 1 is 1.39 bits per heavy atom. The van der Waals surface area contributed by atoms with Crippen molar-refractivity contribution in [1.82, 2.24) is 25.5 Å². The Labute approximate surface area is 110 Å². The third kappa shape index (κ3) is 2.86. The highest BCUT2D eigenvalue weighted by molar-refractivity contribution is 6.30. The van der Waals surface area contributed by atoms with Crippen molar-refractivity contribution in [2.24, 2.45) is 0 Å². The van der Waals surface area contributed by atoms with Crippen LogP contribution in [0.3, 0.4) is 0 Å². The monoisotopic (exact) mass is 263 g/mol. The molecule has 2 aromatic rings. The lowest BCUT2D eigenvalue weighted by atomic mass is 10.2. The van der Waals surface area contributed by atoms with E-state index in [0.717, 1.165) is 23.0 Å². The number of hydrogen-bond donors (Lipinski definition) is 1. The molecule has 0 bridgehead atoms. The molecular formula is C12H14ClN5. The summed E-state index contributed by atoms with van der Waals surface area (Å²) in [6, 6.07) is 8.40. The van der Waals surface area contributed by atoms with Crippen LogP contribution in [0.5, 0.6) is 0 Å². The molecule has 5 nitrogen and oxygen atoms in total. The first-order valence-corrected chi connectivity index (χ1v) is 6.42. The van der Waals surface area contributed by atoms with Gasteiger partial charge in [0.05, 0.1) is 13.1 Å². The van der Waals surface area contributed by atoms with Crippen LogP contribution in [0.4, 0.5) is 0 Å². The molecule has 94 valence electrons. The second kappa shape index (κ2) is 5.04. The molecule has 1 aromatic heterocycles. The summed E-state index contributed by atoms with van der Waals surface area (Å²) in [7, 11) is 0. The fourth-order valence-electron chi connectivity index (χ4n) is 1.80. The van der Waals surface area contributed by atoms with Gasteiger partial charge in [0.15, 0.2) is 5.82 Å². The summed E-state index contributed by atoms with van der Waals surface area (Å²) in [4.78, 5) is 0. The molecule has 3 rings (SSSR count). The maximum Gasteiger partial charge on any atom is 0.165 e. The minimum absolute atomic E-state index is 0.648. The molecule has 1 fully saturated rings. The van der Waals surface area contributed by atoms with Crippen molar-refractivity contribution in [3.05, 3.63) is 40.7 Å². The first kappa shape index (κ1) is 11.6. The second-order valence-corrected chi connectivity index (χ2v) is 4.97. The number of nitrogens with one attached hydrogen (secondary N) is 1. The predicted octanol–water partition coefficient (Wildman–Crippen LogP) is 1.63. The van der Waals surface area contributed by atoms with Gasteiger partial charge in [-0.25, -0.2) is 4.68 Å². The van der Waals surface area contributed by atoms with Crippen molar-refractivity contribution >= 4 is 11.6 Å². The molecule has 1 aromatic carbocycles. The summed E-state index contributed by atoms with van der Waals surface area (Å²) in [6.45, 7) is 1.37. The van der Waals surface area contributed by atoms with Gasteiger partial charge in [-0.05, 0) is 41.0 Å². The minimum Gasteiger partial charge on any atom is -0.307 e. The highest BCUT2D eigenvalue weighted by Gasteiger charge is 2.21. The summed E-state index contributed by atoms with van der Waals surface area (Å²) < 4.78 is 1.81. The third-order valence-corrected chi connectivity index (χ3v) is 3.19. The molecule has 1 heterocycles. The smallest absolute Gasteiger partial charge is 0.165 e. The van der Waals surface area contributed by atoms with Crippen LogP contribution in [0, 0.1) is 0 Å². The maximum atomic E-state index is 5.96. The van der Waals surface area contributed by atoms with Crippen LogP contribution in [0.25, 0.3) is 0 Å². The van der Waals surface area contributed by atoms with Crippen molar-refractivity contribution in [3.63, 3.8) is 0 Å². The van der Waals surface area contributed by atoms with Gasteiger partial charge in [-0.15, -0.1) is 5.10 Å². The highest BCUT2D eigenvalue weighted by atomic mass is 35.5. The summed E-state index contributed by atoms with van der Waals surface area (Å²) >= 11 is 5.96. The molecule has 0 radical (unpaired) electrons. The molecule has 0 unspecified atom stereocenters. The van der Waals surface area contributed by atoms with Crippen LogP contribution < -0.4 is 5.32 Å². The lowest BCUT2D eigenvalue weighted by molar-refractivity contribution is 0.578. The molecule has 0 saturated heterocycles. The average Bonchev–Trinajstić information content (AvgIpc) is 3.08. The third-order valence-electron chi connectivity index (χ3n) is 2.95. The second-order valence-electron chi connectivity index (χ2n) is 4.54. The molecule has 0 aliphatic heterocycles. The Hall–Kier alpha value is -1.46. The van der Waals surface area contributed by atoms with Crippen LogP contribution in [-0.4, -0.2) is 26.2 Å². The van der Waals surface area contributed by atoms with Crippen molar-refractivity contribution in [2.45, 2.75) is 32.0 Å². The Morgan fingerprint density at radius 3 is 3.06 bits per heavy atom. The van der Waals surface area contributed by atoms with Gasteiger partial charge >= 0.3 is 0 Å². The van der Waals surface area contributed by atoms with E-state index in [1.807, 2.05) is 24.3 Å². The first-order chi connectivity index (χ1) is 8.81. The molecule has 1 N–H and O–H groups in total. The van der Waals surface area contributed by atoms with Crippen molar-refractivity contribution in [2.75, 3.05) is 0 Å². The summed E-state index contributed by atoms with van der Waals surface area (Å²) in [5.41, 5.74) is 1.10. The van der Waals surface area contributed by atoms with Crippen molar-refractivity contribution < 1.29 is 0 Å². The molecule has 0 spiro atoms. The summed E-state index contributed by atoms with van der Waals surface area (Å²) in [5, 5.41) is 15.9. The maximum absolute atomic E-state index is 5.96. The van der Waals surface area contributed by atoms with E-state index in [1.54, 1.807) is 4.68 Å². The van der Waals surface area contributed by atoms with E-state index in [0.29, 0.717) is 12.6 Å². The first-order valence-electron chi connectivity index (χ1n) is 6.04. The van der Waals surface area contributed by atoms with Crippen LogP contribution in [0.15, 0.2) is 24.3 Å². The van der Waals surface area contributed by atoms with E-state index in [4.69, 9.17) is 11.6 Å². The highest BCUT2D eigenvalue weighted by Crippen LogP contribution is 2.19. The molecular weight excluding hydrogens is 250 g/mol. The van der Waals surface area contributed by atoms with E-state index in [-0.39, 0.29) is 0 Å². The number of hydrogen-bond acceptors (Lipinski definition) is 4. The number of tetrazole rings is 1. The zero-order valence-corrected chi connectivity index (χ0v) is 10.6. The average molecular weight is 264 g/mol. The number of halogens is 1. The Morgan fingerprint density at radius 2 is 2.28 bits per heavy atom. The minimum atomic E-state index is 0.648. The van der Waals surface area contributed by atoms with Gasteiger partial charge in [0.1, 0.15) is 0 Å². The lowest BCUT2D eigenvalue weighted by Crippen LogP contribution is -2.19. The fourth-order valence-corrected chi connectivity index (χ4v) is 2.02. The molecule has 6 heteroatoms. The summed E-state index contributed by atoms with van der Waals surface area (Å²) in [5.74, 6) is 0.863. The summed E-state index contributed by atoms with van der Waals surface area (Å²) in [6.07, 6.45) is 2.52. The van der Waals surface area contributed by atoms with E-state index in [1.165, 1.54) is 12.8 Å². The van der Waals surface area contributed by atoms with Crippen LogP contribution in [0.2, 0.25) is 5.02 Å². The molecule has 18 heavy (non-hydrogen) atoms. The van der Waals surface area contributed by atoms with Gasteiger partial charge < -0.3 is 5.32 Å². The van der Waals surface area contributed by atoms with E-state index < -0.39 is 0 Å². The van der Waals surface area contributed by atoms with Gasteiger partial charge in [-0.2, -0.15) is 0 Å². The SMILES string of the molecule is Clc1cccc(Cn2nnnc2CNC2CC2)c1. The zero-order chi connectivity index (χ0) is 12.4. The molecule has 0 atom stereocenters. The number of aromatic nitrogens is 4. The molecule has 1 aliphatic carbocycles. The Balaban J connectivity index is 1.69. The van der Waals surface area contributed by atoms with Crippen molar-refractivity contribution in [1.29, 1.82) is 0 Å². The van der Waals surface area contributed by atoms with Gasteiger partial charge in [-0.3, -0.25) is 0 Å². The largest absolute Gasteiger partial charge is 0.307 e. The number of nitrogens with zero attached hydrogens (tertiary/aromatic N) is 4. The van der Waals surface area contributed by atoms with Crippen LogP contribution >= 0.6 is 11.6 Å².